The molecular weight excluding hydrogens is 187 g/mol. The number of benzene rings is 2. The van der Waals surface area contributed by atoms with Crippen LogP contribution in [0.3, 0.4) is 0 Å². The van der Waals surface area contributed by atoms with E-state index in [9.17, 15) is 4.39 Å². The molecule has 0 radical (unpaired) electrons. The molecule has 0 atom stereocenters. The second-order valence-electron chi connectivity index (χ2n) is 3.34. The zero-order chi connectivity index (χ0) is 10.7. The van der Waals surface area contributed by atoms with Gasteiger partial charge >= 0.3 is 0 Å². The molecule has 74 valence electrons. The lowest BCUT2D eigenvalue weighted by Crippen LogP contribution is -1.80. The summed E-state index contributed by atoms with van der Waals surface area (Å²) in [7, 11) is 0. The van der Waals surface area contributed by atoms with Crippen LogP contribution in [0.15, 0.2) is 55.1 Å². The van der Waals surface area contributed by atoms with Gasteiger partial charge in [0, 0.05) is 0 Å². The molecule has 0 bridgehead atoms. The maximum Gasteiger partial charge on any atom is 0.123 e. The summed E-state index contributed by atoms with van der Waals surface area (Å²) < 4.78 is 12.7. The Kier molecular flexibility index (Phi) is 2.64. The first-order valence-electron chi connectivity index (χ1n) is 4.78. The highest BCUT2D eigenvalue weighted by molar-refractivity contribution is 5.66. The van der Waals surface area contributed by atoms with Crippen LogP contribution >= 0.6 is 0 Å². The first-order chi connectivity index (χ1) is 7.29. The summed E-state index contributed by atoms with van der Waals surface area (Å²) >= 11 is 0. The summed E-state index contributed by atoms with van der Waals surface area (Å²) in [5.74, 6) is -0.210. The molecule has 0 aliphatic rings. The van der Waals surface area contributed by atoms with Gasteiger partial charge in [0.25, 0.3) is 0 Å². The smallest absolute Gasteiger partial charge is 0.123 e. The molecule has 0 unspecified atom stereocenters. The summed E-state index contributed by atoms with van der Waals surface area (Å²) in [5, 5.41) is 0. The Morgan fingerprint density at radius 2 is 1.67 bits per heavy atom. The van der Waals surface area contributed by atoms with Crippen molar-refractivity contribution in [1.82, 2.24) is 0 Å². The number of hydrogen-bond donors (Lipinski definition) is 0. The Labute approximate surface area is 88.7 Å². The van der Waals surface area contributed by atoms with Gasteiger partial charge < -0.3 is 0 Å². The average Bonchev–Trinajstić information content (AvgIpc) is 2.30. The van der Waals surface area contributed by atoms with Crippen LogP contribution in [0.1, 0.15) is 5.56 Å². The van der Waals surface area contributed by atoms with Gasteiger partial charge in [-0.3, -0.25) is 0 Å². The third-order valence-electron chi connectivity index (χ3n) is 2.30. The molecule has 0 N–H and O–H groups in total. The van der Waals surface area contributed by atoms with Gasteiger partial charge in [0.05, 0.1) is 0 Å². The Morgan fingerprint density at radius 1 is 0.933 bits per heavy atom. The van der Waals surface area contributed by atoms with Crippen molar-refractivity contribution in [1.29, 1.82) is 0 Å². The number of rotatable bonds is 2. The van der Waals surface area contributed by atoms with Gasteiger partial charge in [-0.25, -0.2) is 4.39 Å². The van der Waals surface area contributed by atoms with E-state index in [0.717, 1.165) is 16.7 Å². The van der Waals surface area contributed by atoms with E-state index in [4.69, 9.17) is 0 Å². The van der Waals surface area contributed by atoms with E-state index in [2.05, 4.69) is 6.58 Å². The fourth-order valence-corrected chi connectivity index (χ4v) is 1.49. The van der Waals surface area contributed by atoms with Crippen LogP contribution in [0.2, 0.25) is 0 Å². The molecular formula is C14H11F. The fraction of sp³-hybridized carbons (Fsp3) is 0. The fourth-order valence-electron chi connectivity index (χ4n) is 1.49. The predicted octanol–water partition coefficient (Wildman–Crippen LogP) is 4.14. The quantitative estimate of drug-likeness (QED) is 0.680. The largest absolute Gasteiger partial charge is 0.207 e. The zero-order valence-corrected chi connectivity index (χ0v) is 8.28. The lowest BCUT2D eigenvalue weighted by molar-refractivity contribution is 0.628. The van der Waals surface area contributed by atoms with Crippen molar-refractivity contribution < 1.29 is 4.39 Å². The van der Waals surface area contributed by atoms with E-state index >= 15 is 0 Å². The third-order valence-corrected chi connectivity index (χ3v) is 2.30. The van der Waals surface area contributed by atoms with E-state index in [1.54, 1.807) is 18.2 Å². The minimum Gasteiger partial charge on any atom is -0.207 e. The summed E-state index contributed by atoms with van der Waals surface area (Å²) in [6, 6.07) is 14.5. The molecule has 0 fully saturated rings. The Morgan fingerprint density at radius 3 is 2.33 bits per heavy atom. The van der Waals surface area contributed by atoms with Crippen molar-refractivity contribution in [2.45, 2.75) is 0 Å². The molecule has 2 rings (SSSR count). The van der Waals surface area contributed by atoms with Crippen molar-refractivity contribution in [3.63, 3.8) is 0 Å². The van der Waals surface area contributed by atoms with Crippen molar-refractivity contribution in [3.8, 4) is 11.1 Å². The maximum absolute atomic E-state index is 12.7. The summed E-state index contributed by atoms with van der Waals surface area (Å²) in [5.41, 5.74) is 3.16. The SMILES string of the molecule is C=Cc1cccc(-c2ccc(F)cc2)c1. The van der Waals surface area contributed by atoms with Gasteiger partial charge in [-0.05, 0) is 34.9 Å². The molecule has 2 aromatic carbocycles. The topological polar surface area (TPSA) is 0 Å². The van der Waals surface area contributed by atoms with Gasteiger partial charge in [-0.1, -0.05) is 43.0 Å². The van der Waals surface area contributed by atoms with E-state index in [0.29, 0.717) is 0 Å². The normalized spacial score (nSPS) is 9.93. The van der Waals surface area contributed by atoms with Crippen LogP contribution in [0, 0.1) is 5.82 Å². The molecule has 0 nitrogen and oxygen atoms in total. The molecule has 0 aliphatic heterocycles. The molecule has 0 heterocycles. The second-order valence-corrected chi connectivity index (χ2v) is 3.34. The standard InChI is InChI=1S/C14H11F/c1-2-11-4-3-5-13(10-11)12-6-8-14(15)9-7-12/h2-10H,1H2. The van der Waals surface area contributed by atoms with Gasteiger partial charge in [0.15, 0.2) is 0 Å². The molecule has 0 amide bonds. The van der Waals surface area contributed by atoms with Gasteiger partial charge in [0.1, 0.15) is 5.82 Å². The highest BCUT2D eigenvalue weighted by atomic mass is 19.1. The van der Waals surface area contributed by atoms with Crippen LogP contribution in [0.5, 0.6) is 0 Å². The van der Waals surface area contributed by atoms with E-state index in [1.165, 1.54) is 12.1 Å². The van der Waals surface area contributed by atoms with E-state index in [-0.39, 0.29) is 5.82 Å². The minimum atomic E-state index is -0.210. The first-order valence-corrected chi connectivity index (χ1v) is 4.78. The van der Waals surface area contributed by atoms with Gasteiger partial charge in [0.2, 0.25) is 0 Å². The van der Waals surface area contributed by atoms with Crippen LogP contribution in [-0.4, -0.2) is 0 Å². The molecule has 0 spiro atoms. The predicted molar refractivity (Wildman–Crippen MR) is 61.9 cm³/mol. The van der Waals surface area contributed by atoms with Crippen LogP contribution in [0.4, 0.5) is 4.39 Å². The number of halogens is 1. The molecule has 1 heteroatoms. The third kappa shape index (κ3) is 2.13. The van der Waals surface area contributed by atoms with Crippen molar-refractivity contribution >= 4 is 6.08 Å². The van der Waals surface area contributed by atoms with Crippen LogP contribution in [0.25, 0.3) is 17.2 Å². The molecule has 0 saturated heterocycles. The summed E-state index contributed by atoms with van der Waals surface area (Å²) in [4.78, 5) is 0. The zero-order valence-electron chi connectivity index (χ0n) is 8.28. The second kappa shape index (κ2) is 4.09. The Hall–Kier alpha value is -1.89. The van der Waals surface area contributed by atoms with Gasteiger partial charge in [-0.2, -0.15) is 0 Å². The van der Waals surface area contributed by atoms with Crippen molar-refractivity contribution in [2.75, 3.05) is 0 Å². The highest BCUT2D eigenvalue weighted by Gasteiger charge is 1.97. The van der Waals surface area contributed by atoms with Gasteiger partial charge in [-0.15, -0.1) is 0 Å². The average molecular weight is 198 g/mol. The van der Waals surface area contributed by atoms with Crippen molar-refractivity contribution in [2.24, 2.45) is 0 Å². The minimum absolute atomic E-state index is 0.210. The molecule has 0 aromatic heterocycles. The van der Waals surface area contributed by atoms with Crippen LogP contribution < -0.4 is 0 Å². The van der Waals surface area contributed by atoms with E-state index in [1.807, 2.05) is 24.3 Å². The van der Waals surface area contributed by atoms with Crippen molar-refractivity contribution in [3.05, 3.63) is 66.5 Å². The summed E-state index contributed by atoms with van der Waals surface area (Å²) in [6.45, 7) is 3.72. The molecule has 15 heavy (non-hydrogen) atoms. The lowest BCUT2D eigenvalue weighted by Gasteiger charge is -2.02. The molecule has 0 saturated carbocycles. The Balaban J connectivity index is 2.44. The monoisotopic (exact) mass is 198 g/mol. The lowest BCUT2D eigenvalue weighted by atomic mass is 10.0. The highest BCUT2D eigenvalue weighted by Crippen LogP contribution is 2.20. The maximum atomic E-state index is 12.7. The van der Waals surface area contributed by atoms with E-state index < -0.39 is 0 Å². The van der Waals surface area contributed by atoms with Crippen LogP contribution in [-0.2, 0) is 0 Å². The number of hydrogen-bond acceptors (Lipinski definition) is 0. The Bertz CT molecular complexity index is 469. The molecule has 0 aliphatic carbocycles. The summed E-state index contributed by atoms with van der Waals surface area (Å²) in [6.07, 6.45) is 1.80. The molecule has 2 aromatic rings. The first kappa shape index (κ1) is 9.66.